The lowest BCUT2D eigenvalue weighted by molar-refractivity contribution is 0.0594. The summed E-state index contributed by atoms with van der Waals surface area (Å²) in [7, 11) is 1.32. The Balaban J connectivity index is 2.42. The Morgan fingerprint density at radius 3 is 3.00 bits per heavy atom. The molecule has 5 nitrogen and oxygen atoms in total. The normalized spacial score (nSPS) is 11.1. The van der Waals surface area contributed by atoms with Crippen LogP contribution in [0.3, 0.4) is 0 Å². The molecule has 0 unspecified atom stereocenters. The number of fused-ring (bicyclic) bond motifs is 3. The minimum atomic E-state index is -0.487. The van der Waals surface area contributed by atoms with E-state index < -0.39 is 5.97 Å². The zero-order valence-corrected chi connectivity index (χ0v) is 12.1. The standard InChI is InChI=1S/C12H7BrClN3O2/c1-19-12(18)7-4-8-10(13)9-6(14)2-3-15-11(9)17(8)5-16-7/h2-5H,1H3. The van der Waals surface area contributed by atoms with Crippen LogP contribution in [0.2, 0.25) is 5.02 Å². The van der Waals surface area contributed by atoms with Crippen molar-refractivity contribution in [2.45, 2.75) is 0 Å². The van der Waals surface area contributed by atoms with Crippen molar-refractivity contribution < 1.29 is 9.53 Å². The molecule has 3 aromatic heterocycles. The smallest absolute Gasteiger partial charge is 0.356 e. The molecule has 3 heterocycles. The Bertz CT molecular complexity index is 815. The fraction of sp³-hybridized carbons (Fsp3) is 0.0833. The Morgan fingerprint density at radius 2 is 2.26 bits per heavy atom. The highest BCUT2D eigenvalue weighted by atomic mass is 79.9. The number of carbonyl (C=O) groups is 1. The quantitative estimate of drug-likeness (QED) is 0.639. The van der Waals surface area contributed by atoms with Gasteiger partial charge in [0.05, 0.1) is 27.5 Å². The van der Waals surface area contributed by atoms with Gasteiger partial charge in [-0.05, 0) is 28.1 Å². The van der Waals surface area contributed by atoms with Crippen LogP contribution in [0, 0.1) is 0 Å². The maximum Gasteiger partial charge on any atom is 0.356 e. The molecular formula is C12H7BrClN3O2. The van der Waals surface area contributed by atoms with Gasteiger partial charge >= 0.3 is 5.97 Å². The molecule has 0 saturated carbocycles. The predicted octanol–water partition coefficient (Wildman–Crippen LogP) is 3.09. The molecule has 7 heteroatoms. The lowest BCUT2D eigenvalue weighted by Gasteiger charge is -2.00. The first kappa shape index (κ1) is 12.4. The fourth-order valence-corrected chi connectivity index (χ4v) is 2.96. The van der Waals surface area contributed by atoms with E-state index in [9.17, 15) is 4.79 Å². The molecule has 0 atom stereocenters. The van der Waals surface area contributed by atoms with Crippen LogP contribution in [0.15, 0.2) is 29.1 Å². The first-order valence-electron chi connectivity index (χ1n) is 5.31. The van der Waals surface area contributed by atoms with Crippen molar-refractivity contribution in [3.05, 3.63) is 39.8 Å². The van der Waals surface area contributed by atoms with Crippen molar-refractivity contribution >= 4 is 50.1 Å². The highest BCUT2D eigenvalue weighted by Crippen LogP contribution is 2.34. The molecule has 3 rings (SSSR count). The number of hydrogen-bond acceptors (Lipinski definition) is 4. The molecule has 0 aliphatic carbocycles. The highest BCUT2D eigenvalue weighted by Gasteiger charge is 2.16. The van der Waals surface area contributed by atoms with E-state index in [1.165, 1.54) is 13.4 Å². The van der Waals surface area contributed by atoms with Crippen molar-refractivity contribution in [2.24, 2.45) is 0 Å². The lowest BCUT2D eigenvalue weighted by Crippen LogP contribution is -2.05. The monoisotopic (exact) mass is 339 g/mol. The summed E-state index contributed by atoms with van der Waals surface area (Å²) in [5, 5.41) is 1.37. The van der Waals surface area contributed by atoms with Crippen LogP contribution in [-0.2, 0) is 4.74 Å². The third-order valence-corrected chi connectivity index (χ3v) is 3.91. The average molecular weight is 341 g/mol. The fourth-order valence-electron chi connectivity index (χ4n) is 1.91. The van der Waals surface area contributed by atoms with E-state index in [0.717, 1.165) is 15.4 Å². The second-order valence-corrected chi connectivity index (χ2v) is 5.03. The van der Waals surface area contributed by atoms with E-state index in [1.807, 2.05) is 0 Å². The highest BCUT2D eigenvalue weighted by molar-refractivity contribution is 9.10. The molecule has 0 aromatic carbocycles. The topological polar surface area (TPSA) is 56.5 Å². The Kier molecular flexibility index (Phi) is 2.91. The summed E-state index contributed by atoms with van der Waals surface area (Å²) in [5.41, 5.74) is 1.67. The van der Waals surface area contributed by atoms with Gasteiger partial charge in [-0.15, -0.1) is 0 Å². The molecule has 0 radical (unpaired) electrons. The SMILES string of the molecule is COC(=O)c1cc2c(Br)c3c(Cl)ccnc3n2cn1. The van der Waals surface area contributed by atoms with Gasteiger partial charge in [0.25, 0.3) is 0 Å². The van der Waals surface area contributed by atoms with Crippen molar-refractivity contribution in [3.8, 4) is 0 Å². The summed E-state index contributed by atoms with van der Waals surface area (Å²) >= 11 is 9.65. The lowest BCUT2D eigenvalue weighted by atomic mass is 10.3. The van der Waals surface area contributed by atoms with E-state index in [2.05, 4.69) is 30.6 Å². The zero-order valence-electron chi connectivity index (χ0n) is 9.72. The summed E-state index contributed by atoms with van der Waals surface area (Å²) < 4.78 is 7.19. The predicted molar refractivity (Wildman–Crippen MR) is 74.5 cm³/mol. The van der Waals surface area contributed by atoms with Crippen LogP contribution < -0.4 is 0 Å². The number of rotatable bonds is 1. The van der Waals surface area contributed by atoms with Crippen LogP contribution in [0.25, 0.3) is 16.6 Å². The van der Waals surface area contributed by atoms with Crippen LogP contribution >= 0.6 is 27.5 Å². The summed E-state index contributed by atoms with van der Waals surface area (Å²) in [6.45, 7) is 0. The molecule has 0 spiro atoms. The number of nitrogens with zero attached hydrogens (tertiary/aromatic N) is 3. The van der Waals surface area contributed by atoms with Gasteiger partial charge in [0.2, 0.25) is 0 Å². The van der Waals surface area contributed by atoms with Gasteiger partial charge in [-0.1, -0.05) is 11.6 Å². The Hall–Kier alpha value is -1.66. The minimum Gasteiger partial charge on any atom is -0.464 e. The van der Waals surface area contributed by atoms with Gasteiger partial charge in [-0.2, -0.15) is 0 Å². The number of aromatic nitrogens is 3. The number of carbonyl (C=O) groups excluding carboxylic acids is 1. The maximum absolute atomic E-state index is 11.5. The van der Waals surface area contributed by atoms with Gasteiger partial charge in [0.15, 0.2) is 5.69 Å². The second kappa shape index (κ2) is 4.47. The average Bonchev–Trinajstić information content (AvgIpc) is 2.72. The minimum absolute atomic E-state index is 0.231. The number of methoxy groups -OCH3 is 1. The van der Waals surface area contributed by atoms with E-state index in [0.29, 0.717) is 10.7 Å². The largest absolute Gasteiger partial charge is 0.464 e. The second-order valence-electron chi connectivity index (χ2n) is 3.83. The molecule has 3 aromatic rings. The molecule has 19 heavy (non-hydrogen) atoms. The van der Waals surface area contributed by atoms with E-state index in [4.69, 9.17) is 11.6 Å². The number of pyridine rings is 1. The summed E-state index contributed by atoms with van der Waals surface area (Å²) in [5.74, 6) is -0.487. The van der Waals surface area contributed by atoms with E-state index in [1.54, 1.807) is 22.7 Å². The summed E-state index contributed by atoms with van der Waals surface area (Å²) in [6, 6.07) is 3.34. The van der Waals surface area contributed by atoms with E-state index in [-0.39, 0.29) is 5.69 Å². The van der Waals surface area contributed by atoms with Gasteiger partial charge < -0.3 is 4.74 Å². The molecule has 0 saturated heterocycles. The Morgan fingerprint density at radius 1 is 1.47 bits per heavy atom. The van der Waals surface area contributed by atoms with Crippen LogP contribution in [0.5, 0.6) is 0 Å². The molecule has 96 valence electrons. The van der Waals surface area contributed by atoms with Crippen molar-refractivity contribution in [1.82, 2.24) is 14.4 Å². The van der Waals surface area contributed by atoms with Gasteiger partial charge in [0.1, 0.15) is 12.0 Å². The number of hydrogen-bond donors (Lipinski definition) is 0. The van der Waals surface area contributed by atoms with Gasteiger partial charge in [0, 0.05) is 6.20 Å². The van der Waals surface area contributed by atoms with Crippen LogP contribution in [-0.4, -0.2) is 27.4 Å². The molecule has 0 aliphatic heterocycles. The number of esters is 1. The maximum atomic E-state index is 11.5. The molecule has 0 amide bonds. The van der Waals surface area contributed by atoms with Crippen molar-refractivity contribution in [2.75, 3.05) is 7.11 Å². The number of ether oxygens (including phenoxy) is 1. The first-order chi connectivity index (χ1) is 9.13. The summed E-state index contributed by atoms with van der Waals surface area (Å²) in [4.78, 5) is 19.8. The van der Waals surface area contributed by atoms with Gasteiger partial charge in [-0.25, -0.2) is 14.8 Å². The zero-order chi connectivity index (χ0) is 13.6. The van der Waals surface area contributed by atoms with Crippen molar-refractivity contribution in [3.63, 3.8) is 0 Å². The molecule has 0 fully saturated rings. The molecular weight excluding hydrogens is 334 g/mol. The van der Waals surface area contributed by atoms with Crippen LogP contribution in [0.1, 0.15) is 10.5 Å². The number of halogens is 2. The first-order valence-corrected chi connectivity index (χ1v) is 6.48. The molecule has 0 aliphatic rings. The third kappa shape index (κ3) is 1.79. The molecule has 0 bridgehead atoms. The van der Waals surface area contributed by atoms with Crippen LogP contribution in [0.4, 0.5) is 0 Å². The van der Waals surface area contributed by atoms with Gasteiger partial charge in [-0.3, -0.25) is 4.40 Å². The molecule has 0 N–H and O–H groups in total. The Labute approximate surface area is 121 Å². The van der Waals surface area contributed by atoms with Crippen molar-refractivity contribution in [1.29, 1.82) is 0 Å². The van der Waals surface area contributed by atoms with E-state index >= 15 is 0 Å². The third-order valence-electron chi connectivity index (χ3n) is 2.79. The summed E-state index contributed by atoms with van der Waals surface area (Å²) in [6.07, 6.45) is 3.15.